The van der Waals surface area contributed by atoms with Gasteiger partial charge in [0.1, 0.15) is 11.4 Å². The largest absolute Gasteiger partial charge is 0.508 e. The molecular formula is C15H23N3O3. The molecule has 0 radical (unpaired) electrons. The molecule has 1 heterocycles. The van der Waals surface area contributed by atoms with Gasteiger partial charge in [0.05, 0.1) is 0 Å². The first-order chi connectivity index (χ1) is 9.80. The second-order valence-electron chi connectivity index (χ2n) is 5.73. The van der Waals surface area contributed by atoms with E-state index in [2.05, 4.69) is 0 Å². The molecule has 6 nitrogen and oxygen atoms in total. The molecule has 1 aromatic rings. The van der Waals surface area contributed by atoms with Gasteiger partial charge >= 0.3 is 5.97 Å². The lowest BCUT2D eigenvalue weighted by Gasteiger charge is -2.51. The molecule has 2 rings (SSSR count). The summed E-state index contributed by atoms with van der Waals surface area (Å²) in [6, 6.07) is 6.59. The molecule has 0 bridgehead atoms. The molecule has 5 N–H and O–H groups in total. The highest BCUT2D eigenvalue weighted by Gasteiger charge is 2.54. The summed E-state index contributed by atoms with van der Waals surface area (Å²) < 4.78 is 5.71. The average Bonchev–Trinajstić information content (AvgIpc) is 2.41. The summed E-state index contributed by atoms with van der Waals surface area (Å²) in [5, 5.41) is 9.74. The predicted octanol–water partition coefficient (Wildman–Crippen LogP) is 0.490. The summed E-state index contributed by atoms with van der Waals surface area (Å²) in [6.45, 7) is 2.81. The maximum Gasteiger partial charge on any atom is 0.306 e. The van der Waals surface area contributed by atoms with Crippen LogP contribution in [0.5, 0.6) is 5.75 Å². The highest BCUT2D eigenvalue weighted by atomic mass is 16.6. The van der Waals surface area contributed by atoms with Crippen LogP contribution in [0.15, 0.2) is 24.3 Å². The number of aromatic hydroxyl groups is 1. The van der Waals surface area contributed by atoms with Gasteiger partial charge in [-0.05, 0) is 19.2 Å². The van der Waals surface area contributed by atoms with E-state index in [1.807, 2.05) is 11.9 Å². The molecule has 21 heavy (non-hydrogen) atoms. The number of ether oxygens (including phenoxy) is 1. The van der Waals surface area contributed by atoms with Gasteiger partial charge in [-0.15, -0.1) is 0 Å². The molecule has 0 aromatic heterocycles. The number of carbonyl (C=O) groups excluding carboxylic acids is 1. The Hall–Kier alpha value is -1.63. The molecule has 0 saturated carbocycles. The van der Waals surface area contributed by atoms with E-state index in [1.54, 1.807) is 31.2 Å². The minimum absolute atomic E-state index is 0.0918. The van der Waals surface area contributed by atoms with Crippen molar-refractivity contribution in [1.82, 2.24) is 4.90 Å². The highest BCUT2D eigenvalue weighted by Crippen LogP contribution is 2.41. The van der Waals surface area contributed by atoms with Gasteiger partial charge in [-0.1, -0.05) is 19.1 Å². The summed E-state index contributed by atoms with van der Waals surface area (Å²) >= 11 is 0. The van der Waals surface area contributed by atoms with E-state index < -0.39 is 11.3 Å². The molecule has 0 amide bonds. The SMILES string of the molecule is CCC(=O)OC1(c2cccc(O)c2)CCN(C)CC1(N)N. The van der Waals surface area contributed by atoms with Crippen molar-refractivity contribution >= 4 is 5.97 Å². The summed E-state index contributed by atoms with van der Waals surface area (Å²) in [5.74, 6) is -0.266. The number of benzene rings is 1. The van der Waals surface area contributed by atoms with E-state index in [9.17, 15) is 9.90 Å². The topological polar surface area (TPSA) is 102 Å². The fourth-order valence-corrected chi connectivity index (χ4v) is 2.88. The van der Waals surface area contributed by atoms with Gasteiger partial charge in [0.15, 0.2) is 5.60 Å². The lowest BCUT2D eigenvalue weighted by Crippen LogP contribution is -2.73. The Kier molecular flexibility index (Phi) is 4.22. The zero-order valence-corrected chi connectivity index (χ0v) is 12.5. The van der Waals surface area contributed by atoms with E-state index in [-0.39, 0.29) is 18.1 Å². The smallest absolute Gasteiger partial charge is 0.306 e. The third-order valence-corrected chi connectivity index (χ3v) is 4.02. The number of likely N-dealkylation sites (N-methyl/N-ethyl adjacent to an activating group) is 1. The lowest BCUT2D eigenvalue weighted by molar-refractivity contribution is -0.179. The average molecular weight is 293 g/mol. The normalized spacial score (nSPS) is 25.5. The number of hydrogen-bond acceptors (Lipinski definition) is 6. The number of nitrogens with two attached hydrogens (primary N) is 2. The van der Waals surface area contributed by atoms with Gasteiger partial charge in [-0.25, -0.2) is 0 Å². The zero-order valence-electron chi connectivity index (χ0n) is 12.5. The van der Waals surface area contributed by atoms with Gasteiger partial charge in [0.25, 0.3) is 0 Å². The van der Waals surface area contributed by atoms with E-state index in [0.29, 0.717) is 25.1 Å². The zero-order chi connectivity index (χ0) is 15.7. The minimum atomic E-state index is -1.24. The summed E-state index contributed by atoms with van der Waals surface area (Å²) in [5.41, 5.74) is 10.9. The third kappa shape index (κ3) is 2.88. The van der Waals surface area contributed by atoms with Gasteiger partial charge in [-0.2, -0.15) is 0 Å². The van der Waals surface area contributed by atoms with Gasteiger partial charge in [0.2, 0.25) is 0 Å². The number of phenolic OH excluding ortho intramolecular Hbond substituents is 1. The van der Waals surface area contributed by atoms with E-state index >= 15 is 0 Å². The number of nitrogens with zero attached hydrogens (tertiary/aromatic N) is 1. The Morgan fingerprint density at radius 2 is 2.19 bits per heavy atom. The number of phenols is 1. The molecule has 1 aliphatic rings. The Morgan fingerprint density at radius 1 is 1.48 bits per heavy atom. The van der Waals surface area contributed by atoms with Crippen molar-refractivity contribution in [3.8, 4) is 5.75 Å². The molecule has 0 spiro atoms. The Bertz CT molecular complexity index is 533. The van der Waals surface area contributed by atoms with Crippen molar-refractivity contribution in [3.05, 3.63) is 29.8 Å². The number of likely N-dealkylation sites (tertiary alicyclic amines) is 1. The van der Waals surface area contributed by atoms with Crippen LogP contribution < -0.4 is 11.5 Å². The number of piperidine rings is 1. The number of rotatable bonds is 3. The van der Waals surface area contributed by atoms with Crippen molar-refractivity contribution < 1.29 is 14.6 Å². The van der Waals surface area contributed by atoms with E-state index in [4.69, 9.17) is 16.2 Å². The Morgan fingerprint density at radius 3 is 2.76 bits per heavy atom. The molecule has 116 valence electrons. The molecule has 1 fully saturated rings. The second kappa shape index (κ2) is 5.63. The quantitative estimate of drug-likeness (QED) is 0.554. The third-order valence-electron chi connectivity index (χ3n) is 4.02. The second-order valence-corrected chi connectivity index (χ2v) is 5.73. The van der Waals surface area contributed by atoms with Crippen LogP contribution in [0.1, 0.15) is 25.3 Å². The van der Waals surface area contributed by atoms with E-state index in [0.717, 1.165) is 0 Å². The maximum absolute atomic E-state index is 11.9. The maximum atomic E-state index is 11.9. The van der Waals surface area contributed by atoms with Crippen LogP contribution in [0.3, 0.4) is 0 Å². The van der Waals surface area contributed by atoms with Crippen molar-refractivity contribution in [1.29, 1.82) is 0 Å². The molecule has 1 saturated heterocycles. The summed E-state index contributed by atoms with van der Waals surface area (Å²) in [6.07, 6.45) is 0.720. The van der Waals surface area contributed by atoms with Crippen molar-refractivity contribution in [3.63, 3.8) is 0 Å². The summed E-state index contributed by atoms with van der Waals surface area (Å²) in [4.78, 5) is 13.9. The molecule has 1 aromatic carbocycles. The summed E-state index contributed by atoms with van der Waals surface area (Å²) in [7, 11) is 1.92. The first kappa shape index (κ1) is 15.8. The number of esters is 1. The molecule has 1 unspecified atom stereocenters. The van der Waals surface area contributed by atoms with Crippen molar-refractivity contribution in [2.45, 2.75) is 31.0 Å². The fourth-order valence-electron chi connectivity index (χ4n) is 2.88. The standard InChI is InChI=1S/C15H23N3O3/c1-3-13(20)21-14(11-5-4-6-12(19)9-11)7-8-18(2)10-15(14,16)17/h4-6,9,19H,3,7-8,10,16-17H2,1-2H3. The molecule has 6 heteroatoms. The first-order valence-corrected chi connectivity index (χ1v) is 7.08. The van der Waals surface area contributed by atoms with Crippen LogP contribution in [-0.4, -0.2) is 41.8 Å². The molecule has 1 aliphatic heterocycles. The van der Waals surface area contributed by atoms with Gasteiger partial charge < -0.3 is 26.2 Å². The van der Waals surface area contributed by atoms with Gasteiger partial charge in [0, 0.05) is 31.5 Å². The van der Waals surface area contributed by atoms with Crippen molar-refractivity contribution in [2.24, 2.45) is 11.5 Å². The monoisotopic (exact) mass is 293 g/mol. The Balaban J connectivity index is 2.51. The molecule has 0 aliphatic carbocycles. The fraction of sp³-hybridized carbons (Fsp3) is 0.533. The highest BCUT2D eigenvalue weighted by molar-refractivity contribution is 5.70. The molecule has 1 atom stereocenters. The van der Waals surface area contributed by atoms with Crippen LogP contribution in [0, 0.1) is 0 Å². The van der Waals surface area contributed by atoms with E-state index in [1.165, 1.54) is 0 Å². The number of hydrogen-bond donors (Lipinski definition) is 3. The Labute approximate surface area is 124 Å². The van der Waals surface area contributed by atoms with Gasteiger partial charge in [-0.3, -0.25) is 4.79 Å². The van der Waals surface area contributed by atoms with Crippen LogP contribution in [0.25, 0.3) is 0 Å². The van der Waals surface area contributed by atoms with Crippen LogP contribution >= 0.6 is 0 Å². The molecular weight excluding hydrogens is 270 g/mol. The minimum Gasteiger partial charge on any atom is -0.508 e. The number of carbonyl (C=O) groups is 1. The predicted molar refractivity (Wildman–Crippen MR) is 79.4 cm³/mol. The first-order valence-electron chi connectivity index (χ1n) is 7.08. The van der Waals surface area contributed by atoms with Crippen molar-refractivity contribution in [2.75, 3.05) is 20.1 Å². The lowest BCUT2D eigenvalue weighted by atomic mass is 9.76. The van der Waals surface area contributed by atoms with Crippen LogP contribution in [-0.2, 0) is 15.1 Å². The van der Waals surface area contributed by atoms with Crippen LogP contribution in [0.4, 0.5) is 0 Å². The van der Waals surface area contributed by atoms with Crippen LogP contribution in [0.2, 0.25) is 0 Å².